The number of hydrogen-bond acceptors (Lipinski definition) is 4. The van der Waals surface area contributed by atoms with Gasteiger partial charge in [0, 0.05) is 28.9 Å². The van der Waals surface area contributed by atoms with Crippen LogP contribution >= 0.6 is 11.6 Å². The van der Waals surface area contributed by atoms with Crippen molar-refractivity contribution in [1.29, 1.82) is 0 Å². The lowest BCUT2D eigenvalue weighted by Crippen LogP contribution is -2.39. The molecule has 4 rings (SSSR count). The van der Waals surface area contributed by atoms with Gasteiger partial charge < -0.3 is 10.6 Å². The fraction of sp³-hybridized carbons (Fsp3) is 0.429. The zero-order chi connectivity index (χ0) is 19.7. The van der Waals surface area contributed by atoms with E-state index in [9.17, 15) is 9.59 Å². The number of hydrogen-bond donors (Lipinski definition) is 2. The number of nitrogens with zero attached hydrogens (tertiary/aromatic N) is 2. The molecule has 0 radical (unpaired) electrons. The van der Waals surface area contributed by atoms with Crippen LogP contribution in [0, 0.1) is 17.8 Å². The molecule has 28 heavy (non-hydrogen) atoms. The highest BCUT2D eigenvalue weighted by molar-refractivity contribution is 6.30. The summed E-state index contributed by atoms with van der Waals surface area (Å²) in [6.45, 7) is 2.11. The normalized spacial score (nSPS) is 26.2. The summed E-state index contributed by atoms with van der Waals surface area (Å²) in [5.74, 6) is 1.42. The van der Waals surface area contributed by atoms with Gasteiger partial charge in [0.1, 0.15) is 12.0 Å². The number of amides is 2. The molecule has 1 aromatic heterocycles. The first-order chi connectivity index (χ1) is 13.6. The Bertz CT molecular complexity index is 846. The second kappa shape index (κ2) is 7.87. The Hall–Kier alpha value is -2.47. The molecule has 2 amide bonds. The number of carbonyl (C=O) groups excluding carboxylic acids is 2. The molecule has 1 aromatic carbocycles. The van der Waals surface area contributed by atoms with E-state index in [1.165, 1.54) is 6.33 Å². The second-order valence-electron chi connectivity index (χ2n) is 7.64. The summed E-state index contributed by atoms with van der Waals surface area (Å²) in [6.07, 6.45) is 5.76. The molecule has 2 aliphatic carbocycles. The molecule has 146 valence electrons. The zero-order valence-electron chi connectivity index (χ0n) is 15.6. The molecule has 2 N–H and O–H groups in total. The monoisotopic (exact) mass is 398 g/mol. The first kappa shape index (κ1) is 18.9. The van der Waals surface area contributed by atoms with E-state index in [1.54, 1.807) is 36.5 Å². The maximum atomic E-state index is 12.5. The Kier molecular flexibility index (Phi) is 5.31. The van der Waals surface area contributed by atoms with Crippen LogP contribution in [-0.2, 0) is 0 Å². The van der Waals surface area contributed by atoms with E-state index in [2.05, 4.69) is 27.5 Å². The van der Waals surface area contributed by atoms with Gasteiger partial charge in [-0.25, -0.2) is 9.97 Å². The van der Waals surface area contributed by atoms with Gasteiger partial charge in [-0.15, -0.1) is 0 Å². The number of fused-ring (bicyclic) bond motifs is 1. The second-order valence-corrected chi connectivity index (χ2v) is 8.07. The minimum Gasteiger partial charge on any atom is -0.349 e. The Labute approximate surface area is 169 Å². The highest BCUT2D eigenvalue weighted by Gasteiger charge is 2.58. The molecule has 3 unspecified atom stereocenters. The fourth-order valence-corrected chi connectivity index (χ4v) is 4.74. The Morgan fingerprint density at radius 1 is 1.14 bits per heavy atom. The Balaban J connectivity index is 1.30. The molecular weight excluding hydrogens is 376 g/mol. The number of rotatable bonds is 6. The van der Waals surface area contributed by atoms with Crippen molar-refractivity contribution in [3.8, 4) is 0 Å². The summed E-state index contributed by atoms with van der Waals surface area (Å²) >= 11 is 5.89. The molecule has 0 bridgehead atoms. The van der Waals surface area contributed by atoms with E-state index < -0.39 is 0 Å². The first-order valence-corrected chi connectivity index (χ1v) is 10.1. The number of nitrogens with one attached hydrogen (secondary N) is 2. The third-order valence-electron chi connectivity index (χ3n) is 5.99. The van der Waals surface area contributed by atoms with E-state index >= 15 is 0 Å². The van der Waals surface area contributed by atoms with E-state index in [-0.39, 0.29) is 23.9 Å². The van der Waals surface area contributed by atoms with Gasteiger partial charge in [-0.05, 0) is 67.3 Å². The molecule has 3 atom stereocenters. The van der Waals surface area contributed by atoms with Gasteiger partial charge in [-0.2, -0.15) is 0 Å². The largest absolute Gasteiger partial charge is 0.349 e. The van der Waals surface area contributed by atoms with Crippen LogP contribution in [0.4, 0.5) is 0 Å². The topological polar surface area (TPSA) is 84.0 Å². The average molecular weight is 399 g/mol. The van der Waals surface area contributed by atoms with Gasteiger partial charge >= 0.3 is 0 Å². The van der Waals surface area contributed by atoms with Crippen molar-refractivity contribution in [1.82, 2.24) is 20.6 Å². The molecule has 2 fully saturated rings. The number of halogens is 1. The molecule has 0 saturated heterocycles. The predicted octanol–water partition coefficient (Wildman–Crippen LogP) is 3.09. The van der Waals surface area contributed by atoms with Crippen molar-refractivity contribution in [2.45, 2.75) is 38.3 Å². The molecule has 0 aliphatic heterocycles. The van der Waals surface area contributed by atoms with Crippen molar-refractivity contribution in [2.75, 3.05) is 0 Å². The lowest BCUT2D eigenvalue weighted by Gasteiger charge is -2.22. The Morgan fingerprint density at radius 2 is 1.86 bits per heavy atom. The van der Waals surface area contributed by atoms with E-state index in [0.29, 0.717) is 34.0 Å². The lowest BCUT2D eigenvalue weighted by atomic mass is 9.99. The van der Waals surface area contributed by atoms with Crippen molar-refractivity contribution < 1.29 is 9.59 Å². The highest BCUT2D eigenvalue weighted by atomic mass is 35.5. The van der Waals surface area contributed by atoms with Crippen LogP contribution in [-0.4, -0.2) is 33.9 Å². The van der Waals surface area contributed by atoms with Crippen molar-refractivity contribution in [3.63, 3.8) is 0 Å². The van der Waals surface area contributed by atoms with Gasteiger partial charge in [0.15, 0.2) is 0 Å². The van der Waals surface area contributed by atoms with E-state index in [1.807, 2.05) is 0 Å². The standard InChI is InChI=1S/C21H23ClN4O2/c1-2-17(26-20(27)12-3-5-13(22)6-4-12)19-15-9-14(10-16(15)19)25-21(28)18-7-8-23-11-24-18/h3-8,11,14-17,19H,2,9-10H2,1H3,(H,25,28)(H,26,27). The number of carbonyl (C=O) groups is 2. The van der Waals surface area contributed by atoms with Gasteiger partial charge in [0.2, 0.25) is 0 Å². The minimum absolute atomic E-state index is 0.0536. The number of benzene rings is 1. The van der Waals surface area contributed by atoms with Crippen molar-refractivity contribution in [2.24, 2.45) is 17.8 Å². The average Bonchev–Trinajstić information content (AvgIpc) is 3.20. The predicted molar refractivity (Wildman–Crippen MR) is 106 cm³/mol. The van der Waals surface area contributed by atoms with Crippen LogP contribution in [0.25, 0.3) is 0 Å². The molecule has 2 aromatic rings. The molecule has 1 heterocycles. The summed E-state index contributed by atoms with van der Waals surface area (Å²) in [7, 11) is 0. The van der Waals surface area contributed by atoms with Crippen LogP contribution in [0.1, 0.15) is 47.0 Å². The molecule has 0 spiro atoms. The maximum absolute atomic E-state index is 12.5. The molecular formula is C21H23ClN4O2. The van der Waals surface area contributed by atoms with Gasteiger partial charge in [0.25, 0.3) is 11.8 Å². The number of aromatic nitrogens is 2. The summed E-state index contributed by atoms with van der Waals surface area (Å²) in [6, 6.07) is 8.92. The highest BCUT2D eigenvalue weighted by Crippen LogP contribution is 2.59. The van der Waals surface area contributed by atoms with Crippen LogP contribution in [0.2, 0.25) is 5.02 Å². The quantitative estimate of drug-likeness (QED) is 0.783. The lowest BCUT2D eigenvalue weighted by molar-refractivity contribution is 0.0926. The third-order valence-corrected chi connectivity index (χ3v) is 6.24. The summed E-state index contributed by atoms with van der Waals surface area (Å²) in [5, 5.41) is 6.89. The summed E-state index contributed by atoms with van der Waals surface area (Å²) in [4.78, 5) is 32.6. The smallest absolute Gasteiger partial charge is 0.270 e. The molecule has 6 nitrogen and oxygen atoms in total. The summed E-state index contributed by atoms with van der Waals surface area (Å²) < 4.78 is 0. The first-order valence-electron chi connectivity index (χ1n) is 9.70. The summed E-state index contributed by atoms with van der Waals surface area (Å²) in [5.41, 5.74) is 1.03. The maximum Gasteiger partial charge on any atom is 0.270 e. The van der Waals surface area contributed by atoms with Crippen LogP contribution in [0.3, 0.4) is 0 Å². The Morgan fingerprint density at radius 3 is 2.46 bits per heavy atom. The van der Waals surface area contributed by atoms with E-state index in [0.717, 1.165) is 19.3 Å². The molecule has 7 heteroatoms. The molecule has 2 aliphatic rings. The molecule has 2 saturated carbocycles. The van der Waals surface area contributed by atoms with E-state index in [4.69, 9.17) is 11.6 Å². The van der Waals surface area contributed by atoms with Crippen LogP contribution in [0.15, 0.2) is 42.9 Å². The van der Waals surface area contributed by atoms with Gasteiger partial charge in [0.05, 0.1) is 0 Å². The third kappa shape index (κ3) is 3.87. The van der Waals surface area contributed by atoms with Gasteiger partial charge in [-0.3, -0.25) is 9.59 Å². The van der Waals surface area contributed by atoms with Crippen LogP contribution < -0.4 is 10.6 Å². The minimum atomic E-state index is -0.145. The zero-order valence-corrected chi connectivity index (χ0v) is 16.4. The van der Waals surface area contributed by atoms with Crippen molar-refractivity contribution in [3.05, 3.63) is 59.1 Å². The van der Waals surface area contributed by atoms with Crippen molar-refractivity contribution >= 4 is 23.4 Å². The van der Waals surface area contributed by atoms with Crippen LogP contribution in [0.5, 0.6) is 0 Å². The SMILES string of the molecule is CCC(NC(=O)c1ccc(Cl)cc1)C1C2CC(NC(=O)c3ccncn3)CC21. The van der Waals surface area contributed by atoms with Gasteiger partial charge in [-0.1, -0.05) is 18.5 Å². The fourth-order valence-electron chi connectivity index (χ4n) is 4.61.